The highest BCUT2D eigenvalue weighted by molar-refractivity contribution is 7.90. The van der Waals surface area contributed by atoms with E-state index in [0.717, 1.165) is 36.1 Å². The van der Waals surface area contributed by atoms with Crippen molar-refractivity contribution in [2.24, 2.45) is 0 Å². The first-order chi connectivity index (χ1) is 12.5. The van der Waals surface area contributed by atoms with E-state index in [-0.39, 0.29) is 6.10 Å². The van der Waals surface area contributed by atoms with Gasteiger partial charge in [0.15, 0.2) is 0 Å². The molecule has 0 aliphatic carbocycles. The zero-order chi connectivity index (χ0) is 18.3. The number of nitrogens with zero attached hydrogens (tertiary/aromatic N) is 2. The van der Waals surface area contributed by atoms with E-state index in [1.165, 1.54) is 3.97 Å². The molecule has 2 aromatic carbocycles. The number of aryl methyl sites for hydroxylation is 1. The van der Waals surface area contributed by atoms with Gasteiger partial charge in [0.05, 0.1) is 16.5 Å². The molecular formula is C20H22N2O3S. The summed E-state index contributed by atoms with van der Waals surface area (Å²) in [4.78, 5) is 2.47. The predicted octanol–water partition coefficient (Wildman–Crippen LogP) is 3.41. The van der Waals surface area contributed by atoms with E-state index in [1.807, 2.05) is 37.3 Å². The minimum absolute atomic E-state index is 0.201. The average molecular weight is 370 g/mol. The molecule has 1 aliphatic rings. The lowest BCUT2D eigenvalue weighted by molar-refractivity contribution is 0.121. The summed E-state index contributed by atoms with van der Waals surface area (Å²) in [6.45, 7) is 3.61. The number of fused-ring (bicyclic) bond motifs is 1. The Morgan fingerprint density at radius 3 is 2.73 bits per heavy atom. The first kappa shape index (κ1) is 17.1. The van der Waals surface area contributed by atoms with Crippen molar-refractivity contribution in [3.63, 3.8) is 0 Å². The first-order valence-electron chi connectivity index (χ1n) is 8.70. The summed E-state index contributed by atoms with van der Waals surface area (Å²) >= 11 is 0. The number of methoxy groups -OCH3 is 1. The molecule has 0 radical (unpaired) electrons. The number of rotatable bonds is 4. The van der Waals surface area contributed by atoms with Crippen LogP contribution in [0.4, 0.5) is 5.69 Å². The van der Waals surface area contributed by atoms with Gasteiger partial charge in [0.2, 0.25) is 0 Å². The van der Waals surface area contributed by atoms with E-state index in [0.29, 0.717) is 10.4 Å². The highest BCUT2D eigenvalue weighted by atomic mass is 32.2. The third kappa shape index (κ3) is 2.89. The second-order valence-corrected chi connectivity index (χ2v) is 8.58. The number of hydrogen-bond acceptors (Lipinski definition) is 4. The summed E-state index contributed by atoms with van der Waals surface area (Å²) in [6.07, 6.45) is 2.78. The Labute approximate surface area is 153 Å². The molecule has 1 aliphatic heterocycles. The summed E-state index contributed by atoms with van der Waals surface area (Å²) in [5, 5.41) is 0.915. The molecule has 6 heteroatoms. The lowest BCUT2D eigenvalue weighted by Crippen LogP contribution is -2.22. The Kier molecular flexibility index (Phi) is 4.25. The quantitative estimate of drug-likeness (QED) is 0.706. The molecule has 2 heterocycles. The molecule has 0 bridgehead atoms. The van der Waals surface area contributed by atoms with Gasteiger partial charge in [0, 0.05) is 37.5 Å². The molecule has 0 spiro atoms. The lowest BCUT2D eigenvalue weighted by Gasteiger charge is -2.19. The largest absolute Gasteiger partial charge is 0.380 e. The van der Waals surface area contributed by atoms with Crippen molar-refractivity contribution in [3.05, 3.63) is 60.3 Å². The van der Waals surface area contributed by atoms with E-state index >= 15 is 0 Å². The van der Waals surface area contributed by atoms with Crippen molar-refractivity contribution >= 4 is 26.6 Å². The molecule has 1 saturated heterocycles. The molecule has 4 rings (SSSR count). The number of ether oxygens (including phenoxy) is 1. The van der Waals surface area contributed by atoms with Crippen LogP contribution < -0.4 is 4.90 Å². The zero-order valence-corrected chi connectivity index (χ0v) is 15.7. The van der Waals surface area contributed by atoms with Crippen molar-refractivity contribution in [1.82, 2.24) is 3.97 Å². The second kappa shape index (κ2) is 6.45. The normalized spacial score (nSPS) is 17.9. The molecular weight excluding hydrogens is 348 g/mol. The molecule has 0 saturated carbocycles. The topological polar surface area (TPSA) is 51.5 Å². The molecule has 1 aromatic heterocycles. The summed E-state index contributed by atoms with van der Waals surface area (Å²) < 4.78 is 33.2. The van der Waals surface area contributed by atoms with Crippen LogP contribution in [0.1, 0.15) is 12.0 Å². The Bertz CT molecular complexity index is 1060. The second-order valence-electron chi connectivity index (χ2n) is 6.77. The van der Waals surface area contributed by atoms with Gasteiger partial charge in [-0.15, -0.1) is 0 Å². The van der Waals surface area contributed by atoms with Crippen molar-refractivity contribution in [1.29, 1.82) is 0 Å². The smallest absolute Gasteiger partial charge is 0.268 e. The van der Waals surface area contributed by atoms with Crippen molar-refractivity contribution < 1.29 is 13.2 Å². The molecule has 1 atom stereocenters. The molecule has 0 amide bonds. The van der Waals surface area contributed by atoms with Crippen molar-refractivity contribution in [2.75, 3.05) is 25.1 Å². The van der Waals surface area contributed by atoms with Gasteiger partial charge in [-0.2, -0.15) is 0 Å². The van der Waals surface area contributed by atoms with Crippen molar-refractivity contribution in [2.45, 2.75) is 24.3 Å². The highest BCUT2D eigenvalue weighted by Gasteiger charge is 2.24. The molecule has 5 nitrogen and oxygen atoms in total. The van der Waals surface area contributed by atoms with Crippen LogP contribution in [0.3, 0.4) is 0 Å². The molecule has 136 valence electrons. The molecule has 1 unspecified atom stereocenters. The number of aromatic nitrogens is 1. The van der Waals surface area contributed by atoms with E-state index in [2.05, 4.69) is 4.90 Å². The highest BCUT2D eigenvalue weighted by Crippen LogP contribution is 2.27. The van der Waals surface area contributed by atoms with E-state index in [1.54, 1.807) is 31.5 Å². The fourth-order valence-corrected chi connectivity index (χ4v) is 4.92. The Hall–Kier alpha value is -2.31. The van der Waals surface area contributed by atoms with Crippen LogP contribution in [-0.2, 0) is 14.8 Å². The fraction of sp³-hybridized carbons (Fsp3) is 0.300. The number of benzene rings is 2. The van der Waals surface area contributed by atoms with Crippen LogP contribution in [-0.4, -0.2) is 38.7 Å². The van der Waals surface area contributed by atoms with Gasteiger partial charge in [-0.05, 0) is 49.2 Å². The third-order valence-corrected chi connectivity index (χ3v) is 6.72. The summed E-state index contributed by atoms with van der Waals surface area (Å²) in [7, 11) is -1.93. The van der Waals surface area contributed by atoms with Crippen LogP contribution in [0.2, 0.25) is 0 Å². The summed E-state index contributed by atoms with van der Waals surface area (Å²) in [6, 6.07) is 14.8. The van der Waals surface area contributed by atoms with Gasteiger partial charge in [-0.25, -0.2) is 12.4 Å². The van der Waals surface area contributed by atoms with Crippen LogP contribution >= 0.6 is 0 Å². The molecule has 1 fully saturated rings. The Morgan fingerprint density at radius 1 is 1.12 bits per heavy atom. The first-order valence-corrected chi connectivity index (χ1v) is 10.1. The molecule has 0 N–H and O–H groups in total. The Morgan fingerprint density at radius 2 is 1.96 bits per heavy atom. The van der Waals surface area contributed by atoms with Crippen molar-refractivity contribution in [3.8, 4) is 0 Å². The van der Waals surface area contributed by atoms with Crippen LogP contribution in [0.5, 0.6) is 0 Å². The van der Waals surface area contributed by atoms with Gasteiger partial charge in [-0.3, -0.25) is 0 Å². The van der Waals surface area contributed by atoms with Gasteiger partial charge in [0.1, 0.15) is 0 Å². The van der Waals surface area contributed by atoms with Gasteiger partial charge >= 0.3 is 0 Å². The summed E-state index contributed by atoms with van der Waals surface area (Å²) in [5.41, 5.74) is 2.65. The zero-order valence-electron chi connectivity index (χ0n) is 14.9. The SMILES string of the molecule is COC1CCN(c2cccc(S(=O)(=O)n3ccc4ccc(C)cc43)c2)C1. The Balaban J connectivity index is 1.74. The predicted molar refractivity (Wildman–Crippen MR) is 103 cm³/mol. The number of anilines is 1. The fourth-order valence-electron chi connectivity index (χ4n) is 3.53. The van der Waals surface area contributed by atoms with E-state index in [9.17, 15) is 8.42 Å². The van der Waals surface area contributed by atoms with Gasteiger partial charge in [-0.1, -0.05) is 18.2 Å². The molecule has 26 heavy (non-hydrogen) atoms. The lowest BCUT2D eigenvalue weighted by atomic mass is 10.2. The standard InChI is InChI=1S/C20H22N2O3S/c1-15-6-7-16-8-11-22(20(16)12-15)26(23,24)19-5-3-4-17(13-19)21-10-9-18(14-21)25-2/h3-8,11-13,18H,9-10,14H2,1-2H3. The van der Waals surface area contributed by atoms with Crippen LogP contribution in [0, 0.1) is 6.92 Å². The van der Waals surface area contributed by atoms with Gasteiger partial charge < -0.3 is 9.64 Å². The van der Waals surface area contributed by atoms with E-state index < -0.39 is 10.0 Å². The average Bonchev–Trinajstić information content (AvgIpc) is 3.28. The minimum atomic E-state index is -3.65. The molecule has 3 aromatic rings. The van der Waals surface area contributed by atoms with Crippen LogP contribution in [0.25, 0.3) is 10.9 Å². The van der Waals surface area contributed by atoms with E-state index in [4.69, 9.17) is 4.74 Å². The maximum Gasteiger partial charge on any atom is 0.268 e. The third-order valence-electron chi connectivity index (χ3n) is 5.03. The maximum absolute atomic E-state index is 13.2. The monoisotopic (exact) mass is 370 g/mol. The number of hydrogen-bond donors (Lipinski definition) is 0. The summed E-state index contributed by atoms with van der Waals surface area (Å²) in [5.74, 6) is 0. The van der Waals surface area contributed by atoms with Crippen LogP contribution in [0.15, 0.2) is 59.6 Å². The minimum Gasteiger partial charge on any atom is -0.380 e. The maximum atomic E-state index is 13.2. The van der Waals surface area contributed by atoms with Gasteiger partial charge in [0.25, 0.3) is 10.0 Å².